The Bertz CT molecular complexity index is 1030. The lowest BCUT2D eigenvalue weighted by molar-refractivity contribution is 0.0846. The first-order chi connectivity index (χ1) is 15.5. The molecule has 0 saturated heterocycles. The van der Waals surface area contributed by atoms with Crippen molar-refractivity contribution >= 4 is 11.8 Å². The van der Waals surface area contributed by atoms with Gasteiger partial charge in [0.15, 0.2) is 11.5 Å². The molecule has 2 N–H and O–H groups in total. The Kier molecular flexibility index (Phi) is 7.85. The van der Waals surface area contributed by atoms with E-state index >= 15 is 0 Å². The van der Waals surface area contributed by atoms with Gasteiger partial charge in [-0.25, -0.2) is 0 Å². The van der Waals surface area contributed by atoms with Crippen LogP contribution in [0.25, 0.3) is 0 Å². The van der Waals surface area contributed by atoms with Crippen LogP contribution in [0.15, 0.2) is 60.9 Å². The Morgan fingerprint density at radius 1 is 1.00 bits per heavy atom. The molecule has 0 bridgehead atoms. The third-order valence-corrected chi connectivity index (χ3v) is 4.79. The summed E-state index contributed by atoms with van der Waals surface area (Å²) in [5.74, 6) is 0.692. The van der Waals surface area contributed by atoms with Crippen LogP contribution in [0, 0.1) is 5.92 Å². The quantitative estimate of drug-likeness (QED) is 0.501. The molecule has 0 unspecified atom stereocenters. The topological polar surface area (TPSA) is 94.5 Å². The van der Waals surface area contributed by atoms with E-state index in [1.807, 2.05) is 24.4 Å². The number of carbonyl (C=O) groups excluding carboxylic acids is 2. The molecule has 0 aliphatic heterocycles. The fourth-order valence-corrected chi connectivity index (χ4v) is 2.93. The van der Waals surface area contributed by atoms with E-state index in [0.717, 1.165) is 12.0 Å². The number of aromatic nitrogens is 2. The minimum atomic E-state index is -0.458. The monoisotopic (exact) mass is 436 g/mol. The van der Waals surface area contributed by atoms with Gasteiger partial charge in [0.25, 0.3) is 11.8 Å². The van der Waals surface area contributed by atoms with Crippen molar-refractivity contribution in [1.82, 2.24) is 20.6 Å². The lowest BCUT2D eigenvalue weighted by atomic mass is 10.1. The van der Waals surface area contributed by atoms with E-state index in [2.05, 4.69) is 29.8 Å². The number of benzene rings is 2. The van der Waals surface area contributed by atoms with Crippen molar-refractivity contribution in [2.24, 2.45) is 5.92 Å². The average Bonchev–Trinajstić information content (AvgIpc) is 3.30. The molecule has 0 aliphatic rings. The van der Waals surface area contributed by atoms with Gasteiger partial charge in [-0.15, -0.1) is 0 Å². The molecule has 2 amide bonds. The van der Waals surface area contributed by atoms with Gasteiger partial charge in [0, 0.05) is 23.5 Å². The van der Waals surface area contributed by atoms with E-state index in [4.69, 9.17) is 9.47 Å². The van der Waals surface area contributed by atoms with Crippen LogP contribution in [0.4, 0.5) is 0 Å². The molecule has 0 radical (unpaired) electrons. The molecule has 1 heterocycles. The van der Waals surface area contributed by atoms with Crippen LogP contribution in [-0.4, -0.2) is 35.3 Å². The first kappa shape index (κ1) is 22.9. The van der Waals surface area contributed by atoms with Crippen molar-refractivity contribution in [3.8, 4) is 11.5 Å². The fraction of sp³-hybridized carbons (Fsp3) is 0.292. The maximum Gasteiger partial charge on any atom is 0.269 e. The SMILES string of the molecule is COc1cc(C(=O)NNC(=O)c2ccc(Cn3cccn3)cc2)ccc1OCCC(C)C. The molecule has 0 atom stereocenters. The highest BCUT2D eigenvalue weighted by Gasteiger charge is 2.13. The van der Waals surface area contributed by atoms with Gasteiger partial charge in [0.1, 0.15) is 0 Å². The second-order valence-corrected chi connectivity index (χ2v) is 7.71. The van der Waals surface area contributed by atoms with E-state index in [1.54, 1.807) is 41.2 Å². The van der Waals surface area contributed by atoms with Crippen LogP contribution < -0.4 is 20.3 Å². The molecule has 0 spiro atoms. The first-order valence-electron chi connectivity index (χ1n) is 10.4. The third kappa shape index (κ3) is 6.34. The molecule has 8 nitrogen and oxygen atoms in total. The van der Waals surface area contributed by atoms with Crippen LogP contribution in [0.1, 0.15) is 46.5 Å². The van der Waals surface area contributed by atoms with Gasteiger partial charge in [-0.05, 0) is 54.3 Å². The highest BCUT2D eigenvalue weighted by atomic mass is 16.5. The van der Waals surface area contributed by atoms with Gasteiger partial charge in [-0.2, -0.15) is 5.10 Å². The summed E-state index contributed by atoms with van der Waals surface area (Å²) >= 11 is 0. The summed E-state index contributed by atoms with van der Waals surface area (Å²) in [6, 6.07) is 13.8. The zero-order valence-electron chi connectivity index (χ0n) is 18.5. The largest absolute Gasteiger partial charge is 0.493 e. The normalized spacial score (nSPS) is 10.6. The van der Waals surface area contributed by atoms with Crippen LogP contribution >= 0.6 is 0 Å². The fourth-order valence-electron chi connectivity index (χ4n) is 2.93. The average molecular weight is 437 g/mol. The number of hydrogen-bond donors (Lipinski definition) is 2. The van der Waals surface area contributed by atoms with Crippen molar-refractivity contribution in [3.05, 3.63) is 77.6 Å². The number of rotatable bonds is 9. The predicted molar refractivity (Wildman–Crippen MR) is 121 cm³/mol. The van der Waals surface area contributed by atoms with E-state index in [9.17, 15) is 9.59 Å². The Labute approximate surface area is 187 Å². The number of carbonyl (C=O) groups is 2. The number of amides is 2. The highest BCUT2D eigenvalue weighted by molar-refractivity contribution is 5.99. The minimum Gasteiger partial charge on any atom is -0.493 e. The number of hydrogen-bond acceptors (Lipinski definition) is 5. The molecular weight excluding hydrogens is 408 g/mol. The van der Waals surface area contributed by atoms with Gasteiger partial charge in [0.2, 0.25) is 0 Å². The molecule has 0 saturated carbocycles. The summed E-state index contributed by atoms with van der Waals surface area (Å²) in [4.78, 5) is 24.8. The predicted octanol–water partition coefficient (Wildman–Crippen LogP) is 3.44. The molecule has 32 heavy (non-hydrogen) atoms. The lowest BCUT2D eigenvalue weighted by Gasteiger charge is -2.13. The molecule has 2 aromatic carbocycles. The Hall–Kier alpha value is -3.81. The smallest absolute Gasteiger partial charge is 0.269 e. The second-order valence-electron chi connectivity index (χ2n) is 7.71. The second kappa shape index (κ2) is 11.0. The number of nitrogens with one attached hydrogen (secondary N) is 2. The number of ether oxygens (including phenoxy) is 2. The van der Waals surface area contributed by atoms with E-state index in [0.29, 0.717) is 41.7 Å². The molecule has 3 rings (SSSR count). The summed E-state index contributed by atoms with van der Waals surface area (Å²) in [5.41, 5.74) is 6.64. The number of hydrazine groups is 1. The molecule has 8 heteroatoms. The number of methoxy groups -OCH3 is 1. The molecule has 3 aromatic rings. The van der Waals surface area contributed by atoms with Crippen molar-refractivity contribution in [1.29, 1.82) is 0 Å². The Balaban J connectivity index is 1.54. The lowest BCUT2D eigenvalue weighted by Crippen LogP contribution is -2.41. The van der Waals surface area contributed by atoms with Gasteiger partial charge >= 0.3 is 0 Å². The van der Waals surface area contributed by atoms with Crippen LogP contribution in [0.5, 0.6) is 11.5 Å². The van der Waals surface area contributed by atoms with Crippen molar-refractivity contribution < 1.29 is 19.1 Å². The van der Waals surface area contributed by atoms with Gasteiger partial charge in [0.05, 0.1) is 20.3 Å². The Morgan fingerprint density at radius 2 is 1.69 bits per heavy atom. The molecule has 0 fully saturated rings. The summed E-state index contributed by atoms with van der Waals surface area (Å²) in [7, 11) is 1.52. The summed E-state index contributed by atoms with van der Waals surface area (Å²) in [5, 5.41) is 4.16. The third-order valence-electron chi connectivity index (χ3n) is 4.79. The van der Waals surface area contributed by atoms with Gasteiger partial charge in [-0.1, -0.05) is 26.0 Å². The van der Waals surface area contributed by atoms with E-state index in [-0.39, 0.29) is 0 Å². The summed E-state index contributed by atoms with van der Waals surface area (Å²) in [6.45, 7) is 5.43. The van der Waals surface area contributed by atoms with Crippen LogP contribution in [0.3, 0.4) is 0 Å². The Morgan fingerprint density at radius 3 is 2.31 bits per heavy atom. The maximum absolute atomic E-state index is 12.5. The number of nitrogens with zero attached hydrogens (tertiary/aromatic N) is 2. The van der Waals surface area contributed by atoms with Crippen LogP contribution in [0.2, 0.25) is 0 Å². The molecule has 0 aliphatic carbocycles. The minimum absolute atomic E-state index is 0.341. The highest BCUT2D eigenvalue weighted by Crippen LogP contribution is 2.28. The maximum atomic E-state index is 12.5. The van der Waals surface area contributed by atoms with Gasteiger partial charge in [-0.3, -0.25) is 25.1 Å². The van der Waals surface area contributed by atoms with E-state index < -0.39 is 11.8 Å². The molecule has 1 aromatic heterocycles. The zero-order valence-corrected chi connectivity index (χ0v) is 18.5. The summed E-state index contributed by atoms with van der Waals surface area (Å²) < 4.78 is 12.9. The van der Waals surface area contributed by atoms with Gasteiger partial charge < -0.3 is 9.47 Å². The van der Waals surface area contributed by atoms with Crippen molar-refractivity contribution in [3.63, 3.8) is 0 Å². The van der Waals surface area contributed by atoms with Crippen molar-refractivity contribution in [2.75, 3.05) is 13.7 Å². The molecule has 168 valence electrons. The van der Waals surface area contributed by atoms with E-state index in [1.165, 1.54) is 7.11 Å². The molecular formula is C24H28N4O4. The summed E-state index contributed by atoms with van der Waals surface area (Å²) in [6.07, 6.45) is 4.50. The first-order valence-corrected chi connectivity index (χ1v) is 10.4. The van der Waals surface area contributed by atoms with Crippen LogP contribution in [-0.2, 0) is 6.54 Å². The standard InChI is InChI=1S/C24H28N4O4/c1-17(2)11-14-32-21-10-9-20(15-22(21)31-3)24(30)27-26-23(29)19-7-5-18(6-8-19)16-28-13-4-12-25-28/h4-10,12-13,15,17H,11,14,16H2,1-3H3,(H,26,29)(H,27,30). The van der Waals surface area contributed by atoms with Crippen molar-refractivity contribution in [2.45, 2.75) is 26.8 Å². The zero-order chi connectivity index (χ0) is 22.9.